The molecule has 0 heterocycles. The third-order valence-corrected chi connectivity index (χ3v) is 3.99. The van der Waals surface area contributed by atoms with Gasteiger partial charge in [0.05, 0.1) is 7.11 Å². The van der Waals surface area contributed by atoms with Gasteiger partial charge in [-0.25, -0.2) is 4.79 Å². The highest BCUT2D eigenvalue weighted by Crippen LogP contribution is 2.23. The maximum Gasteiger partial charge on any atom is 0.336 e. The molecular formula is C23H20O3. The molecule has 3 heteroatoms. The molecule has 3 aromatic carbocycles. The Labute approximate surface area is 153 Å². The van der Waals surface area contributed by atoms with Gasteiger partial charge in [0.2, 0.25) is 0 Å². The summed E-state index contributed by atoms with van der Waals surface area (Å²) in [6, 6.07) is 23.2. The van der Waals surface area contributed by atoms with Gasteiger partial charge in [-0.1, -0.05) is 54.1 Å². The summed E-state index contributed by atoms with van der Waals surface area (Å²) in [5.41, 5.74) is 4.34. The second-order valence-electron chi connectivity index (χ2n) is 5.92. The van der Waals surface area contributed by atoms with Crippen LogP contribution in [-0.4, -0.2) is 13.1 Å². The molecule has 3 aromatic rings. The Morgan fingerprint density at radius 2 is 1.31 bits per heavy atom. The molecule has 130 valence electrons. The molecule has 0 saturated heterocycles. The number of hydrogen-bond acceptors (Lipinski definition) is 3. The summed E-state index contributed by atoms with van der Waals surface area (Å²) >= 11 is 0. The van der Waals surface area contributed by atoms with Crippen LogP contribution in [0, 0.1) is 6.92 Å². The molecule has 0 N–H and O–H groups in total. The van der Waals surface area contributed by atoms with Crippen molar-refractivity contribution >= 4 is 12.0 Å². The van der Waals surface area contributed by atoms with Crippen molar-refractivity contribution in [3.05, 3.63) is 90.0 Å². The van der Waals surface area contributed by atoms with Crippen LogP contribution in [0.15, 0.2) is 78.9 Å². The quantitative estimate of drug-likeness (QED) is 0.358. The van der Waals surface area contributed by atoms with E-state index in [4.69, 9.17) is 9.47 Å². The van der Waals surface area contributed by atoms with E-state index in [0.717, 1.165) is 22.4 Å². The summed E-state index contributed by atoms with van der Waals surface area (Å²) in [5.74, 6) is 0.882. The Kier molecular flexibility index (Phi) is 5.49. The van der Waals surface area contributed by atoms with E-state index >= 15 is 0 Å². The van der Waals surface area contributed by atoms with E-state index in [1.807, 2.05) is 36.4 Å². The molecule has 0 aliphatic rings. The van der Waals surface area contributed by atoms with Crippen molar-refractivity contribution < 1.29 is 14.3 Å². The number of benzene rings is 3. The largest absolute Gasteiger partial charge is 0.497 e. The van der Waals surface area contributed by atoms with E-state index in [1.165, 1.54) is 11.6 Å². The zero-order valence-electron chi connectivity index (χ0n) is 14.8. The average Bonchev–Trinajstić information content (AvgIpc) is 2.68. The average molecular weight is 344 g/mol. The van der Waals surface area contributed by atoms with Gasteiger partial charge >= 0.3 is 5.97 Å². The Balaban J connectivity index is 1.61. The molecule has 0 radical (unpaired) electrons. The van der Waals surface area contributed by atoms with Crippen molar-refractivity contribution in [2.24, 2.45) is 0 Å². The lowest BCUT2D eigenvalue weighted by atomic mass is 10.0. The van der Waals surface area contributed by atoms with Gasteiger partial charge in [-0.15, -0.1) is 0 Å². The van der Waals surface area contributed by atoms with Gasteiger partial charge in [-0.3, -0.25) is 0 Å². The van der Waals surface area contributed by atoms with Crippen LogP contribution in [0.4, 0.5) is 0 Å². The van der Waals surface area contributed by atoms with Crippen LogP contribution in [0.2, 0.25) is 0 Å². The highest BCUT2D eigenvalue weighted by molar-refractivity contribution is 5.88. The van der Waals surface area contributed by atoms with Crippen LogP contribution >= 0.6 is 0 Å². The summed E-state index contributed by atoms with van der Waals surface area (Å²) in [6.07, 6.45) is 3.12. The molecule has 0 amide bonds. The number of aryl methyl sites for hydroxylation is 1. The molecule has 0 bridgehead atoms. The number of rotatable bonds is 5. The monoisotopic (exact) mass is 344 g/mol. The maximum absolute atomic E-state index is 12.0. The standard InChI is InChI=1S/C23H20O3/c1-17-3-8-19(9-4-17)20-10-14-22(15-11-20)26-23(24)16-7-18-5-12-21(25-2)13-6-18/h3-16H,1-2H3/b16-7+. The van der Waals surface area contributed by atoms with Crippen molar-refractivity contribution in [2.75, 3.05) is 7.11 Å². The molecule has 0 fully saturated rings. The van der Waals surface area contributed by atoms with Crippen LogP contribution in [0.25, 0.3) is 17.2 Å². The molecule has 0 saturated carbocycles. The lowest BCUT2D eigenvalue weighted by molar-refractivity contribution is -0.128. The number of carbonyl (C=O) groups is 1. The van der Waals surface area contributed by atoms with Gasteiger partial charge in [0.25, 0.3) is 0 Å². The van der Waals surface area contributed by atoms with Crippen LogP contribution < -0.4 is 9.47 Å². The minimum atomic E-state index is -0.413. The first kappa shape index (κ1) is 17.5. The van der Waals surface area contributed by atoms with Crippen molar-refractivity contribution in [3.63, 3.8) is 0 Å². The van der Waals surface area contributed by atoms with Gasteiger partial charge in [-0.2, -0.15) is 0 Å². The summed E-state index contributed by atoms with van der Waals surface area (Å²) < 4.78 is 10.4. The number of esters is 1. The van der Waals surface area contributed by atoms with Gasteiger partial charge < -0.3 is 9.47 Å². The third-order valence-electron chi connectivity index (χ3n) is 3.99. The van der Waals surface area contributed by atoms with E-state index in [9.17, 15) is 4.79 Å². The number of carbonyl (C=O) groups excluding carboxylic acids is 1. The first-order chi connectivity index (χ1) is 12.6. The normalized spacial score (nSPS) is 10.7. The van der Waals surface area contributed by atoms with Crippen LogP contribution in [-0.2, 0) is 4.79 Å². The van der Waals surface area contributed by atoms with E-state index < -0.39 is 5.97 Å². The van der Waals surface area contributed by atoms with Crippen molar-refractivity contribution in [2.45, 2.75) is 6.92 Å². The maximum atomic E-state index is 12.0. The number of hydrogen-bond donors (Lipinski definition) is 0. The molecule has 26 heavy (non-hydrogen) atoms. The fourth-order valence-electron chi connectivity index (χ4n) is 2.49. The van der Waals surface area contributed by atoms with Crippen LogP contribution in [0.3, 0.4) is 0 Å². The molecule has 3 rings (SSSR count). The zero-order chi connectivity index (χ0) is 18.4. The Morgan fingerprint density at radius 3 is 1.88 bits per heavy atom. The Morgan fingerprint density at radius 1 is 0.769 bits per heavy atom. The van der Waals surface area contributed by atoms with Gasteiger partial charge in [0, 0.05) is 6.08 Å². The first-order valence-corrected chi connectivity index (χ1v) is 8.35. The molecule has 3 nitrogen and oxygen atoms in total. The molecule has 0 aliphatic heterocycles. The van der Waals surface area contributed by atoms with Crippen molar-refractivity contribution in [1.82, 2.24) is 0 Å². The van der Waals surface area contributed by atoms with E-state index in [2.05, 4.69) is 31.2 Å². The predicted octanol–water partition coefficient (Wildman–Crippen LogP) is 5.29. The number of methoxy groups -OCH3 is 1. The van der Waals surface area contributed by atoms with Crippen LogP contribution in [0.5, 0.6) is 11.5 Å². The molecule has 0 unspecified atom stereocenters. The second kappa shape index (κ2) is 8.17. The van der Waals surface area contributed by atoms with E-state index in [-0.39, 0.29) is 0 Å². The van der Waals surface area contributed by atoms with Gasteiger partial charge in [0.15, 0.2) is 0 Å². The lowest BCUT2D eigenvalue weighted by Crippen LogP contribution is -2.03. The molecule has 0 atom stereocenters. The Bertz CT molecular complexity index is 890. The van der Waals surface area contributed by atoms with Gasteiger partial charge in [-0.05, 0) is 54.0 Å². The summed E-state index contributed by atoms with van der Waals surface area (Å²) in [4.78, 5) is 12.0. The molecule has 0 spiro atoms. The minimum Gasteiger partial charge on any atom is -0.497 e. The molecular weight excluding hydrogens is 324 g/mol. The Hall–Kier alpha value is -3.33. The minimum absolute atomic E-state index is 0.413. The SMILES string of the molecule is COc1ccc(/C=C/C(=O)Oc2ccc(-c3ccc(C)cc3)cc2)cc1. The fourth-order valence-corrected chi connectivity index (χ4v) is 2.49. The highest BCUT2D eigenvalue weighted by atomic mass is 16.5. The first-order valence-electron chi connectivity index (χ1n) is 8.35. The van der Waals surface area contributed by atoms with Gasteiger partial charge in [0.1, 0.15) is 11.5 Å². The summed E-state index contributed by atoms with van der Waals surface area (Å²) in [5, 5.41) is 0. The lowest BCUT2D eigenvalue weighted by Gasteiger charge is -2.05. The van der Waals surface area contributed by atoms with Crippen LogP contribution in [0.1, 0.15) is 11.1 Å². The predicted molar refractivity (Wildman–Crippen MR) is 104 cm³/mol. The summed E-state index contributed by atoms with van der Waals surface area (Å²) in [6.45, 7) is 2.06. The zero-order valence-corrected chi connectivity index (χ0v) is 14.8. The second-order valence-corrected chi connectivity index (χ2v) is 5.92. The summed E-state index contributed by atoms with van der Waals surface area (Å²) in [7, 11) is 1.62. The van der Waals surface area contributed by atoms with E-state index in [0.29, 0.717) is 5.75 Å². The fraction of sp³-hybridized carbons (Fsp3) is 0.0870. The topological polar surface area (TPSA) is 35.5 Å². The van der Waals surface area contributed by atoms with E-state index in [1.54, 1.807) is 25.3 Å². The number of ether oxygens (including phenoxy) is 2. The van der Waals surface area contributed by atoms with Crippen molar-refractivity contribution in [1.29, 1.82) is 0 Å². The van der Waals surface area contributed by atoms with Crippen molar-refractivity contribution in [3.8, 4) is 22.6 Å². The third kappa shape index (κ3) is 4.61. The molecule has 0 aromatic heterocycles. The highest BCUT2D eigenvalue weighted by Gasteiger charge is 2.02. The molecule has 0 aliphatic carbocycles. The smallest absolute Gasteiger partial charge is 0.336 e.